The van der Waals surface area contributed by atoms with Gasteiger partial charge in [-0.05, 0) is 24.8 Å². The molecule has 0 bridgehead atoms. The van der Waals surface area contributed by atoms with E-state index in [1.807, 2.05) is 6.08 Å². The largest absolute Gasteiger partial charge is 0.402 e. The number of rotatable bonds is 3. The summed E-state index contributed by atoms with van der Waals surface area (Å²) in [7, 11) is 0. The van der Waals surface area contributed by atoms with Gasteiger partial charge >= 0.3 is 0 Å². The molecule has 0 fully saturated rings. The van der Waals surface area contributed by atoms with E-state index in [1.54, 1.807) is 6.08 Å². The van der Waals surface area contributed by atoms with Gasteiger partial charge < -0.3 is 5.73 Å². The van der Waals surface area contributed by atoms with Crippen LogP contribution in [0.1, 0.15) is 19.3 Å². The van der Waals surface area contributed by atoms with Crippen molar-refractivity contribution in [2.45, 2.75) is 19.3 Å². The summed E-state index contributed by atoms with van der Waals surface area (Å²) in [4.78, 5) is 0. The molecule has 0 aliphatic heterocycles. The van der Waals surface area contributed by atoms with Crippen LogP contribution in [0.4, 0.5) is 0 Å². The molecule has 1 aliphatic rings. The average Bonchev–Trinajstić information content (AvgIpc) is 2.09. The van der Waals surface area contributed by atoms with E-state index in [1.165, 1.54) is 5.57 Å². The maximum Gasteiger partial charge on any atom is 0.0119 e. The van der Waals surface area contributed by atoms with Crippen LogP contribution in [-0.2, 0) is 0 Å². The predicted molar refractivity (Wildman–Crippen MR) is 53.5 cm³/mol. The molecule has 0 atom stereocenters. The Labute approximate surface area is 74.0 Å². The fourth-order valence-corrected chi connectivity index (χ4v) is 1.22. The van der Waals surface area contributed by atoms with Crippen molar-refractivity contribution in [1.82, 2.24) is 0 Å². The molecule has 0 heterocycles. The molecule has 0 saturated heterocycles. The molecule has 0 amide bonds. The number of hydrogen-bond donors (Lipinski definition) is 1. The van der Waals surface area contributed by atoms with E-state index in [-0.39, 0.29) is 0 Å². The monoisotopic (exact) mass is 161 g/mol. The first-order valence-corrected chi connectivity index (χ1v) is 4.26. The van der Waals surface area contributed by atoms with Crippen LogP contribution in [0.2, 0.25) is 0 Å². The van der Waals surface area contributed by atoms with Gasteiger partial charge in [0.25, 0.3) is 0 Å². The van der Waals surface area contributed by atoms with E-state index in [0.717, 1.165) is 25.0 Å². The summed E-state index contributed by atoms with van der Waals surface area (Å²) in [5.74, 6) is 0. The lowest BCUT2D eigenvalue weighted by molar-refractivity contribution is 0.909. The minimum atomic E-state index is 0.925. The van der Waals surface area contributed by atoms with E-state index in [9.17, 15) is 0 Å². The quantitative estimate of drug-likeness (QED) is 0.633. The molecule has 0 aromatic heterocycles. The summed E-state index contributed by atoms with van der Waals surface area (Å²) < 4.78 is 0. The Morgan fingerprint density at radius 1 is 1.58 bits per heavy atom. The van der Waals surface area contributed by atoms with Gasteiger partial charge in [-0.25, -0.2) is 0 Å². The average molecular weight is 161 g/mol. The Balaban J connectivity index is 2.55. The number of allylic oxidation sites excluding steroid dienone is 7. The topological polar surface area (TPSA) is 26.0 Å². The molecule has 1 rings (SSSR count). The van der Waals surface area contributed by atoms with Crippen molar-refractivity contribution in [3.8, 4) is 0 Å². The molecule has 2 N–H and O–H groups in total. The van der Waals surface area contributed by atoms with Crippen molar-refractivity contribution in [2.24, 2.45) is 5.73 Å². The molecule has 1 nitrogen and oxygen atoms in total. The van der Waals surface area contributed by atoms with Crippen LogP contribution >= 0.6 is 0 Å². The molecule has 0 aromatic carbocycles. The first-order chi connectivity index (χ1) is 5.84. The zero-order valence-corrected chi connectivity index (χ0v) is 7.29. The molecule has 64 valence electrons. The fraction of sp³-hybridized carbons (Fsp3) is 0.273. The van der Waals surface area contributed by atoms with E-state index >= 15 is 0 Å². The van der Waals surface area contributed by atoms with Gasteiger partial charge in [-0.1, -0.05) is 37.0 Å². The van der Waals surface area contributed by atoms with Gasteiger partial charge in [0.05, 0.1) is 0 Å². The van der Waals surface area contributed by atoms with Crippen LogP contribution in [0.15, 0.2) is 48.2 Å². The van der Waals surface area contributed by atoms with Gasteiger partial charge in [-0.15, -0.1) is 0 Å². The molecule has 0 aromatic rings. The van der Waals surface area contributed by atoms with Crippen molar-refractivity contribution >= 4 is 0 Å². The number of nitrogens with two attached hydrogens (primary N) is 1. The Kier molecular flexibility index (Phi) is 3.39. The second-order valence-corrected chi connectivity index (χ2v) is 2.86. The maximum absolute atomic E-state index is 5.83. The SMILES string of the molecule is C=CC=CCC1=C(N)CCC=C1. The Bertz CT molecular complexity index is 244. The molecular weight excluding hydrogens is 146 g/mol. The molecule has 0 saturated carbocycles. The van der Waals surface area contributed by atoms with Crippen LogP contribution < -0.4 is 5.73 Å². The zero-order chi connectivity index (χ0) is 8.81. The Hall–Kier alpha value is -1.24. The van der Waals surface area contributed by atoms with Crippen molar-refractivity contribution in [2.75, 3.05) is 0 Å². The van der Waals surface area contributed by atoms with Crippen molar-refractivity contribution in [1.29, 1.82) is 0 Å². The van der Waals surface area contributed by atoms with Gasteiger partial charge in [-0.3, -0.25) is 0 Å². The fourth-order valence-electron chi connectivity index (χ4n) is 1.22. The summed E-state index contributed by atoms with van der Waals surface area (Å²) in [5, 5.41) is 0. The predicted octanol–water partition coefficient (Wildman–Crippen LogP) is 2.68. The summed E-state index contributed by atoms with van der Waals surface area (Å²) >= 11 is 0. The minimum absolute atomic E-state index is 0.925. The Morgan fingerprint density at radius 2 is 2.42 bits per heavy atom. The first kappa shape index (κ1) is 8.85. The summed E-state index contributed by atoms with van der Waals surface area (Å²) in [6.07, 6.45) is 13.1. The van der Waals surface area contributed by atoms with E-state index in [4.69, 9.17) is 5.73 Å². The lowest BCUT2D eigenvalue weighted by atomic mass is 10.0. The summed E-state index contributed by atoms with van der Waals surface area (Å²) in [6, 6.07) is 0. The molecule has 0 spiro atoms. The smallest absolute Gasteiger partial charge is 0.0119 e. The lowest BCUT2D eigenvalue weighted by Crippen LogP contribution is -2.03. The standard InChI is InChI=1S/C11H15N/c1-2-3-4-7-10-8-5-6-9-11(10)12/h2-5,8H,1,6-7,9,12H2. The van der Waals surface area contributed by atoms with Crippen LogP contribution in [0.5, 0.6) is 0 Å². The molecule has 12 heavy (non-hydrogen) atoms. The number of hydrogen-bond acceptors (Lipinski definition) is 1. The molecule has 1 aliphatic carbocycles. The second-order valence-electron chi connectivity index (χ2n) is 2.86. The third-order valence-corrected chi connectivity index (χ3v) is 1.92. The van der Waals surface area contributed by atoms with Crippen LogP contribution in [0.3, 0.4) is 0 Å². The minimum Gasteiger partial charge on any atom is -0.402 e. The van der Waals surface area contributed by atoms with Gasteiger partial charge in [0.2, 0.25) is 0 Å². The van der Waals surface area contributed by atoms with E-state index < -0.39 is 0 Å². The Morgan fingerprint density at radius 3 is 3.08 bits per heavy atom. The van der Waals surface area contributed by atoms with Crippen molar-refractivity contribution < 1.29 is 0 Å². The van der Waals surface area contributed by atoms with Gasteiger partial charge in [-0.2, -0.15) is 0 Å². The van der Waals surface area contributed by atoms with Crippen molar-refractivity contribution in [3.05, 3.63) is 48.2 Å². The van der Waals surface area contributed by atoms with Crippen molar-refractivity contribution in [3.63, 3.8) is 0 Å². The summed E-state index contributed by atoms with van der Waals surface area (Å²) in [6.45, 7) is 3.61. The maximum atomic E-state index is 5.83. The highest BCUT2D eigenvalue weighted by molar-refractivity contribution is 5.29. The zero-order valence-electron chi connectivity index (χ0n) is 7.29. The lowest BCUT2D eigenvalue weighted by Gasteiger charge is -2.09. The second kappa shape index (κ2) is 4.60. The van der Waals surface area contributed by atoms with Crippen LogP contribution in [0.25, 0.3) is 0 Å². The first-order valence-electron chi connectivity index (χ1n) is 4.26. The van der Waals surface area contributed by atoms with E-state index in [0.29, 0.717) is 0 Å². The third kappa shape index (κ3) is 2.42. The molecule has 1 heteroatoms. The van der Waals surface area contributed by atoms with E-state index in [2.05, 4.69) is 24.8 Å². The summed E-state index contributed by atoms with van der Waals surface area (Å²) in [5.41, 5.74) is 8.11. The third-order valence-electron chi connectivity index (χ3n) is 1.92. The highest BCUT2D eigenvalue weighted by Gasteiger charge is 2.01. The normalized spacial score (nSPS) is 17.3. The highest BCUT2D eigenvalue weighted by Crippen LogP contribution is 2.17. The molecule has 0 unspecified atom stereocenters. The highest BCUT2D eigenvalue weighted by atomic mass is 14.6. The molecule has 0 radical (unpaired) electrons. The van der Waals surface area contributed by atoms with Crippen LogP contribution in [-0.4, -0.2) is 0 Å². The van der Waals surface area contributed by atoms with Gasteiger partial charge in [0, 0.05) is 5.70 Å². The molecular formula is C11H15N. The van der Waals surface area contributed by atoms with Gasteiger partial charge in [0.1, 0.15) is 0 Å². The van der Waals surface area contributed by atoms with Gasteiger partial charge in [0.15, 0.2) is 0 Å². The van der Waals surface area contributed by atoms with Crippen LogP contribution in [0, 0.1) is 0 Å².